The number of benzene rings is 2. The van der Waals surface area contributed by atoms with E-state index in [9.17, 15) is 14.7 Å². The molecule has 2 aromatic rings. The Morgan fingerprint density at radius 1 is 0.893 bits per heavy atom. The van der Waals surface area contributed by atoms with Crippen LogP contribution in [0.3, 0.4) is 0 Å². The summed E-state index contributed by atoms with van der Waals surface area (Å²) in [6.45, 7) is 2.51. The normalized spacial score (nSPS) is 11.8. The van der Waals surface area contributed by atoms with E-state index in [1.807, 2.05) is 0 Å². The smallest absolute Gasteiger partial charge is 0.308 e. The molecule has 0 aliphatic rings. The molecule has 148 valence electrons. The fourth-order valence-corrected chi connectivity index (χ4v) is 2.49. The van der Waals surface area contributed by atoms with Gasteiger partial charge in [-0.25, -0.2) is 0 Å². The molecule has 1 atom stereocenters. The van der Waals surface area contributed by atoms with E-state index in [1.54, 1.807) is 31.4 Å². The molecule has 0 bridgehead atoms. The summed E-state index contributed by atoms with van der Waals surface area (Å²) in [5.74, 6) is 0.467. The second-order valence-electron chi connectivity index (χ2n) is 5.80. The quantitative estimate of drug-likeness (QED) is 0.577. The first-order chi connectivity index (χ1) is 13.3. The van der Waals surface area contributed by atoms with Crippen LogP contribution in [0.25, 0.3) is 6.08 Å². The molecular weight excluding hydrogens is 364 g/mol. The summed E-state index contributed by atoms with van der Waals surface area (Å²) < 4.78 is 20.6. The van der Waals surface area contributed by atoms with Crippen LogP contribution in [0, 0.1) is 0 Å². The molecule has 0 aliphatic heterocycles. The van der Waals surface area contributed by atoms with E-state index in [2.05, 4.69) is 0 Å². The Morgan fingerprint density at radius 3 is 2.14 bits per heavy atom. The first kappa shape index (κ1) is 21.0. The summed E-state index contributed by atoms with van der Waals surface area (Å²) >= 11 is 0. The topological polar surface area (TPSA) is 91.3 Å². The Hall–Kier alpha value is -3.32. The summed E-state index contributed by atoms with van der Waals surface area (Å²) in [7, 11) is 3.10. The minimum absolute atomic E-state index is 0.102. The Balaban J connectivity index is 2.32. The van der Waals surface area contributed by atoms with Crippen molar-refractivity contribution in [3.8, 4) is 23.0 Å². The number of carbonyl (C=O) groups is 2. The second-order valence-corrected chi connectivity index (χ2v) is 5.80. The predicted octanol–water partition coefficient (Wildman–Crippen LogP) is 3.30. The van der Waals surface area contributed by atoms with Crippen LogP contribution in [0.1, 0.15) is 31.1 Å². The van der Waals surface area contributed by atoms with E-state index in [4.69, 9.17) is 18.9 Å². The highest BCUT2D eigenvalue weighted by Gasteiger charge is 2.15. The zero-order chi connectivity index (χ0) is 20.7. The number of hydrogen-bond acceptors (Lipinski definition) is 7. The maximum Gasteiger partial charge on any atom is 0.308 e. The predicted molar refractivity (Wildman–Crippen MR) is 103 cm³/mol. The van der Waals surface area contributed by atoms with Crippen molar-refractivity contribution in [2.45, 2.75) is 20.0 Å². The number of carbonyl (C=O) groups excluding carboxylic acids is 2. The molecule has 0 saturated heterocycles. The Labute approximate surface area is 163 Å². The van der Waals surface area contributed by atoms with E-state index >= 15 is 0 Å². The summed E-state index contributed by atoms with van der Waals surface area (Å²) in [5, 5.41) is 10.6. The number of methoxy groups -OCH3 is 2. The fourth-order valence-electron chi connectivity index (χ4n) is 2.49. The molecule has 0 radical (unpaired) electrons. The Kier molecular flexibility index (Phi) is 7.17. The summed E-state index contributed by atoms with van der Waals surface area (Å²) in [6.07, 6.45) is 2.13. The van der Waals surface area contributed by atoms with Crippen molar-refractivity contribution in [2.75, 3.05) is 14.2 Å². The van der Waals surface area contributed by atoms with Gasteiger partial charge in [0.1, 0.15) is 29.1 Å². The van der Waals surface area contributed by atoms with Crippen molar-refractivity contribution in [3.63, 3.8) is 0 Å². The number of aliphatic hydroxyl groups excluding tert-OH is 1. The summed E-state index contributed by atoms with van der Waals surface area (Å²) in [5.41, 5.74) is 1.07. The second kappa shape index (κ2) is 9.57. The third-order valence-corrected chi connectivity index (χ3v) is 3.72. The van der Waals surface area contributed by atoms with Crippen molar-refractivity contribution in [3.05, 3.63) is 53.6 Å². The monoisotopic (exact) mass is 386 g/mol. The average molecular weight is 386 g/mol. The van der Waals surface area contributed by atoms with Gasteiger partial charge in [0.05, 0.1) is 14.2 Å². The number of hydrogen-bond donors (Lipinski definition) is 1. The van der Waals surface area contributed by atoms with Crippen LogP contribution in [-0.2, 0) is 9.59 Å². The fraction of sp³-hybridized carbons (Fsp3) is 0.238. The molecule has 0 aromatic heterocycles. The molecule has 0 spiro atoms. The molecule has 28 heavy (non-hydrogen) atoms. The van der Waals surface area contributed by atoms with Gasteiger partial charge in [-0.15, -0.1) is 0 Å². The number of esters is 2. The minimum atomic E-state index is -1.08. The van der Waals surface area contributed by atoms with Gasteiger partial charge in [-0.1, -0.05) is 12.2 Å². The van der Waals surface area contributed by atoms with Gasteiger partial charge in [0.15, 0.2) is 0 Å². The lowest BCUT2D eigenvalue weighted by molar-refractivity contribution is -0.132. The van der Waals surface area contributed by atoms with Gasteiger partial charge in [-0.2, -0.15) is 0 Å². The first-order valence-corrected chi connectivity index (χ1v) is 8.43. The summed E-state index contributed by atoms with van der Waals surface area (Å²) in [6, 6.07) is 9.70. The van der Waals surface area contributed by atoms with Crippen molar-refractivity contribution < 1.29 is 33.6 Å². The zero-order valence-electron chi connectivity index (χ0n) is 16.1. The molecule has 0 amide bonds. The van der Waals surface area contributed by atoms with E-state index in [1.165, 1.54) is 45.2 Å². The number of rotatable bonds is 7. The average Bonchev–Trinajstić information content (AvgIpc) is 2.65. The minimum Gasteiger partial charge on any atom is -0.497 e. The van der Waals surface area contributed by atoms with Crippen LogP contribution < -0.4 is 18.9 Å². The molecule has 2 aromatic carbocycles. The maximum absolute atomic E-state index is 11.4. The molecule has 1 N–H and O–H groups in total. The van der Waals surface area contributed by atoms with E-state index in [0.29, 0.717) is 17.1 Å². The van der Waals surface area contributed by atoms with Gasteiger partial charge in [0, 0.05) is 37.1 Å². The molecule has 0 fully saturated rings. The van der Waals surface area contributed by atoms with E-state index in [-0.39, 0.29) is 11.5 Å². The molecule has 0 aliphatic carbocycles. The zero-order valence-corrected chi connectivity index (χ0v) is 16.1. The van der Waals surface area contributed by atoms with Crippen LogP contribution in [0.4, 0.5) is 0 Å². The molecule has 0 saturated carbocycles. The van der Waals surface area contributed by atoms with Crippen LogP contribution in [0.5, 0.6) is 23.0 Å². The van der Waals surface area contributed by atoms with Crippen molar-refractivity contribution in [1.82, 2.24) is 0 Å². The maximum atomic E-state index is 11.4. The third-order valence-electron chi connectivity index (χ3n) is 3.72. The standard InChI is InChI=1S/C21H22O7/c1-13(22)27-17-8-9-18(21(12-17)28-14(2)23)19(24)10-6-15-5-7-16(25-3)11-20(15)26-4/h5-12,19,24H,1-4H3. The highest BCUT2D eigenvalue weighted by atomic mass is 16.5. The van der Waals surface area contributed by atoms with Gasteiger partial charge < -0.3 is 24.1 Å². The molecule has 0 heterocycles. The van der Waals surface area contributed by atoms with Crippen LogP contribution in [-0.4, -0.2) is 31.3 Å². The first-order valence-electron chi connectivity index (χ1n) is 8.43. The molecule has 7 nitrogen and oxygen atoms in total. The third kappa shape index (κ3) is 5.59. The number of aliphatic hydroxyl groups is 1. The van der Waals surface area contributed by atoms with Gasteiger partial charge in [-0.05, 0) is 24.3 Å². The SMILES string of the molecule is COc1ccc(C=CC(O)c2ccc(OC(C)=O)cc2OC(C)=O)c(OC)c1. The molecule has 1 unspecified atom stereocenters. The molecular formula is C21H22O7. The van der Waals surface area contributed by atoms with Gasteiger partial charge >= 0.3 is 11.9 Å². The van der Waals surface area contributed by atoms with Crippen molar-refractivity contribution >= 4 is 18.0 Å². The largest absolute Gasteiger partial charge is 0.497 e. The van der Waals surface area contributed by atoms with Gasteiger partial charge in [0.2, 0.25) is 0 Å². The highest BCUT2D eigenvalue weighted by Crippen LogP contribution is 2.32. The van der Waals surface area contributed by atoms with Crippen molar-refractivity contribution in [2.24, 2.45) is 0 Å². The van der Waals surface area contributed by atoms with Gasteiger partial charge in [-0.3, -0.25) is 9.59 Å². The lowest BCUT2D eigenvalue weighted by atomic mass is 10.1. The molecule has 7 heteroatoms. The Morgan fingerprint density at radius 2 is 1.54 bits per heavy atom. The molecule has 2 rings (SSSR count). The Bertz CT molecular complexity index is 886. The van der Waals surface area contributed by atoms with Crippen LogP contribution in [0.2, 0.25) is 0 Å². The van der Waals surface area contributed by atoms with Crippen LogP contribution in [0.15, 0.2) is 42.5 Å². The lowest BCUT2D eigenvalue weighted by Crippen LogP contribution is -2.07. The number of ether oxygens (including phenoxy) is 4. The summed E-state index contributed by atoms with van der Waals surface area (Å²) in [4.78, 5) is 22.5. The van der Waals surface area contributed by atoms with E-state index < -0.39 is 18.0 Å². The van der Waals surface area contributed by atoms with Gasteiger partial charge in [0.25, 0.3) is 0 Å². The van der Waals surface area contributed by atoms with E-state index in [0.717, 1.165) is 5.56 Å². The van der Waals surface area contributed by atoms with Crippen LogP contribution >= 0.6 is 0 Å². The van der Waals surface area contributed by atoms with Crippen molar-refractivity contribution in [1.29, 1.82) is 0 Å². The lowest BCUT2D eigenvalue weighted by Gasteiger charge is -2.14. The highest BCUT2D eigenvalue weighted by molar-refractivity contribution is 5.72.